The van der Waals surface area contributed by atoms with Crippen LogP contribution >= 0.6 is 0 Å². The van der Waals surface area contributed by atoms with Crippen LogP contribution in [0.1, 0.15) is 0 Å². The molecule has 0 amide bonds. The molecule has 0 atom stereocenters. The van der Waals surface area contributed by atoms with E-state index in [1.165, 1.54) is 12.1 Å². The quantitative estimate of drug-likeness (QED) is 0.711. The smallest absolute Gasteiger partial charge is 0.298 e. The number of rotatable bonds is 2. The fourth-order valence-electron chi connectivity index (χ4n) is 1.65. The average molecular weight is 253 g/mol. The summed E-state index contributed by atoms with van der Waals surface area (Å²) in [5.41, 5.74) is 0.736. The van der Waals surface area contributed by atoms with Crippen LogP contribution < -0.4 is 5.32 Å². The normalized spacial score (nSPS) is 11.6. The van der Waals surface area contributed by atoms with Gasteiger partial charge in [0, 0.05) is 18.1 Å². The lowest BCUT2D eigenvalue weighted by Crippen LogP contribution is -1.98. The molecule has 0 aliphatic heterocycles. The van der Waals surface area contributed by atoms with E-state index in [-0.39, 0.29) is 0 Å². The Kier molecular flexibility index (Phi) is 2.68. The Morgan fingerprint density at radius 3 is 2.41 bits per heavy atom. The molecule has 0 unspecified atom stereocenters. The lowest BCUT2D eigenvalue weighted by atomic mass is 10.1. The van der Waals surface area contributed by atoms with Gasteiger partial charge in [-0.05, 0) is 23.6 Å². The molecule has 17 heavy (non-hydrogen) atoms. The van der Waals surface area contributed by atoms with Crippen molar-refractivity contribution in [1.82, 2.24) is 0 Å². The Morgan fingerprint density at radius 1 is 1.18 bits per heavy atom. The van der Waals surface area contributed by atoms with E-state index in [0.717, 1.165) is 5.69 Å². The van der Waals surface area contributed by atoms with Crippen molar-refractivity contribution in [3.05, 3.63) is 30.3 Å². The van der Waals surface area contributed by atoms with Crippen LogP contribution in [-0.4, -0.2) is 25.1 Å². The molecule has 0 saturated carbocycles. The first-order chi connectivity index (χ1) is 7.93. The van der Waals surface area contributed by atoms with Crippen molar-refractivity contribution < 1.29 is 18.1 Å². The maximum atomic E-state index is 11.0. The SMILES string of the molecule is CNc1ccc2ccc(S(=O)(=O)O)c(O)c2c1. The number of phenols is 1. The number of fused-ring (bicyclic) bond motifs is 1. The van der Waals surface area contributed by atoms with Gasteiger partial charge in [-0.2, -0.15) is 8.42 Å². The molecule has 0 aliphatic rings. The van der Waals surface area contributed by atoms with Crippen LogP contribution in [-0.2, 0) is 10.1 Å². The zero-order valence-corrected chi connectivity index (χ0v) is 9.82. The minimum absolute atomic E-state index is 0.368. The van der Waals surface area contributed by atoms with E-state index >= 15 is 0 Å². The summed E-state index contributed by atoms with van der Waals surface area (Å²) in [6.07, 6.45) is 0. The van der Waals surface area contributed by atoms with Gasteiger partial charge in [-0.3, -0.25) is 4.55 Å². The Bertz CT molecular complexity index is 679. The maximum absolute atomic E-state index is 11.0. The van der Waals surface area contributed by atoms with Gasteiger partial charge in [0.15, 0.2) is 0 Å². The highest BCUT2D eigenvalue weighted by molar-refractivity contribution is 7.86. The number of anilines is 1. The van der Waals surface area contributed by atoms with Gasteiger partial charge in [0.2, 0.25) is 0 Å². The summed E-state index contributed by atoms with van der Waals surface area (Å²) in [4.78, 5) is -0.488. The second-order valence-corrected chi connectivity index (χ2v) is 4.96. The van der Waals surface area contributed by atoms with Crippen molar-refractivity contribution in [2.24, 2.45) is 0 Å². The summed E-state index contributed by atoms with van der Waals surface area (Å²) in [6.45, 7) is 0. The number of hydrogen-bond donors (Lipinski definition) is 3. The van der Waals surface area contributed by atoms with Gasteiger partial charge in [0.05, 0.1) is 0 Å². The largest absolute Gasteiger partial charge is 0.506 e. The van der Waals surface area contributed by atoms with Gasteiger partial charge in [-0.25, -0.2) is 0 Å². The van der Waals surface area contributed by atoms with Crippen LogP contribution in [0.25, 0.3) is 10.8 Å². The first kappa shape index (κ1) is 11.7. The van der Waals surface area contributed by atoms with Crippen molar-refractivity contribution in [2.45, 2.75) is 4.90 Å². The highest BCUT2D eigenvalue weighted by Gasteiger charge is 2.17. The molecule has 0 heterocycles. The average Bonchev–Trinajstić information content (AvgIpc) is 2.27. The minimum atomic E-state index is -4.41. The zero-order chi connectivity index (χ0) is 12.6. The van der Waals surface area contributed by atoms with E-state index in [9.17, 15) is 13.5 Å². The topological polar surface area (TPSA) is 86.6 Å². The predicted octanol–water partition coefficient (Wildman–Crippen LogP) is 1.83. The molecule has 0 spiro atoms. The highest BCUT2D eigenvalue weighted by Crippen LogP contribution is 2.33. The molecule has 6 heteroatoms. The van der Waals surface area contributed by atoms with Crippen LogP contribution in [0.4, 0.5) is 5.69 Å². The Balaban J connectivity index is 2.82. The summed E-state index contributed by atoms with van der Waals surface area (Å²) in [5.74, 6) is -0.443. The minimum Gasteiger partial charge on any atom is -0.506 e. The third-order valence-electron chi connectivity index (χ3n) is 2.52. The molecule has 5 nitrogen and oxygen atoms in total. The molecule has 0 aliphatic carbocycles. The second kappa shape index (κ2) is 3.90. The summed E-state index contributed by atoms with van der Waals surface area (Å²) >= 11 is 0. The summed E-state index contributed by atoms with van der Waals surface area (Å²) in [7, 11) is -2.70. The van der Waals surface area contributed by atoms with Gasteiger partial charge >= 0.3 is 0 Å². The van der Waals surface area contributed by atoms with E-state index in [2.05, 4.69) is 5.32 Å². The van der Waals surface area contributed by atoms with Crippen LogP contribution in [0, 0.1) is 0 Å². The van der Waals surface area contributed by atoms with Crippen molar-refractivity contribution in [3.8, 4) is 5.75 Å². The van der Waals surface area contributed by atoms with Crippen LogP contribution in [0.5, 0.6) is 5.75 Å². The number of aromatic hydroxyl groups is 1. The molecule has 0 fully saturated rings. The second-order valence-electron chi connectivity index (χ2n) is 3.57. The predicted molar refractivity (Wildman–Crippen MR) is 65.0 cm³/mol. The van der Waals surface area contributed by atoms with E-state index in [1.807, 2.05) is 0 Å². The van der Waals surface area contributed by atoms with E-state index in [0.29, 0.717) is 10.8 Å². The highest BCUT2D eigenvalue weighted by atomic mass is 32.2. The van der Waals surface area contributed by atoms with E-state index in [4.69, 9.17) is 4.55 Å². The van der Waals surface area contributed by atoms with Crippen molar-refractivity contribution >= 4 is 26.6 Å². The lowest BCUT2D eigenvalue weighted by molar-refractivity contribution is 0.448. The Morgan fingerprint density at radius 2 is 1.82 bits per heavy atom. The van der Waals surface area contributed by atoms with E-state index < -0.39 is 20.8 Å². The van der Waals surface area contributed by atoms with Gasteiger partial charge < -0.3 is 10.4 Å². The van der Waals surface area contributed by atoms with Crippen molar-refractivity contribution in [3.63, 3.8) is 0 Å². The molecule has 3 N–H and O–H groups in total. The lowest BCUT2D eigenvalue weighted by Gasteiger charge is -2.07. The molecule has 0 aromatic heterocycles. The van der Waals surface area contributed by atoms with Gasteiger partial charge in [-0.1, -0.05) is 12.1 Å². The first-order valence-electron chi connectivity index (χ1n) is 4.84. The fourth-order valence-corrected chi connectivity index (χ4v) is 2.24. The summed E-state index contributed by atoms with van der Waals surface area (Å²) in [5, 5.41) is 13.8. The number of nitrogens with one attached hydrogen (secondary N) is 1. The van der Waals surface area contributed by atoms with E-state index in [1.54, 1.807) is 25.2 Å². The Labute approximate surface area is 98.5 Å². The molecule has 2 rings (SSSR count). The maximum Gasteiger partial charge on any atom is 0.298 e. The van der Waals surface area contributed by atoms with Gasteiger partial charge in [0.1, 0.15) is 10.6 Å². The molecule has 2 aromatic rings. The molecule has 90 valence electrons. The van der Waals surface area contributed by atoms with Crippen LogP contribution in [0.15, 0.2) is 35.2 Å². The Hall–Kier alpha value is -1.79. The molecule has 0 bridgehead atoms. The van der Waals surface area contributed by atoms with Gasteiger partial charge in [-0.15, -0.1) is 0 Å². The molecular formula is C11H11NO4S. The number of phenolic OH excluding ortho intramolecular Hbond substituents is 1. The van der Waals surface area contributed by atoms with Gasteiger partial charge in [0.25, 0.3) is 10.1 Å². The molecular weight excluding hydrogens is 242 g/mol. The molecule has 0 radical (unpaired) electrons. The molecule has 2 aromatic carbocycles. The van der Waals surface area contributed by atoms with Crippen molar-refractivity contribution in [2.75, 3.05) is 12.4 Å². The third-order valence-corrected chi connectivity index (χ3v) is 3.41. The van der Waals surface area contributed by atoms with Crippen LogP contribution in [0.3, 0.4) is 0 Å². The first-order valence-corrected chi connectivity index (χ1v) is 6.28. The fraction of sp³-hybridized carbons (Fsp3) is 0.0909. The monoisotopic (exact) mass is 253 g/mol. The third kappa shape index (κ3) is 2.04. The molecule has 0 saturated heterocycles. The summed E-state index contributed by atoms with van der Waals surface area (Å²) in [6, 6.07) is 7.85. The van der Waals surface area contributed by atoms with Crippen molar-refractivity contribution in [1.29, 1.82) is 0 Å². The van der Waals surface area contributed by atoms with Crippen LogP contribution in [0.2, 0.25) is 0 Å². The standard InChI is InChI=1S/C11H11NO4S/c1-12-8-4-2-7-3-5-10(17(14,15)16)11(13)9(7)6-8/h2-6,12-13H,1H3,(H,14,15,16). The summed E-state index contributed by atoms with van der Waals surface area (Å²) < 4.78 is 31.0. The zero-order valence-electron chi connectivity index (χ0n) is 9.01. The number of benzene rings is 2. The number of hydrogen-bond acceptors (Lipinski definition) is 4.